The molecule has 0 aliphatic rings. The molecule has 0 atom stereocenters. The Kier molecular flexibility index (Phi) is 6.60. The smallest absolute Gasteiger partial charge is 0.404 e. The lowest BCUT2D eigenvalue weighted by Crippen LogP contribution is -2.20. The molecule has 0 unspecified atom stereocenters. The first-order valence-corrected chi connectivity index (χ1v) is 8.31. The van der Waals surface area contributed by atoms with Gasteiger partial charge in [0.1, 0.15) is 5.02 Å². The van der Waals surface area contributed by atoms with E-state index in [4.69, 9.17) is 17.3 Å². The van der Waals surface area contributed by atoms with Crippen LogP contribution in [0.1, 0.15) is 12.5 Å². The van der Waals surface area contributed by atoms with Crippen molar-refractivity contribution in [1.82, 2.24) is 0 Å². The van der Waals surface area contributed by atoms with Crippen LogP contribution >= 0.6 is 11.6 Å². The first-order valence-electron chi connectivity index (χ1n) is 7.93. The average Bonchev–Trinajstić information content (AvgIpc) is 2.63. The molecule has 11 heteroatoms. The summed E-state index contributed by atoms with van der Waals surface area (Å²) in [6.07, 6.45) is -3.50. The van der Waals surface area contributed by atoms with E-state index in [0.29, 0.717) is 0 Å². The minimum absolute atomic E-state index is 0.0671. The van der Waals surface area contributed by atoms with E-state index in [1.165, 1.54) is 19.1 Å². The highest BCUT2D eigenvalue weighted by Gasteiger charge is 2.30. The number of rotatable bonds is 5. The maximum Gasteiger partial charge on any atom is 0.416 e. The topological polar surface area (TPSA) is 111 Å². The third-order valence-corrected chi connectivity index (χ3v) is 4.01. The number of amides is 1. The first kappa shape index (κ1) is 21.9. The van der Waals surface area contributed by atoms with Crippen LogP contribution in [0.3, 0.4) is 0 Å². The molecule has 7 nitrogen and oxygen atoms in total. The Hall–Kier alpha value is -3.40. The van der Waals surface area contributed by atoms with Gasteiger partial charge < -0.3 is 11.1 Å². The molecule has 0 fully saturated rings. The lowest BCUT2D eigenvalue weighted by Gasteiger charge is -2.09. The fourth-order valence-electron chi connectivity index (χ4n) is 2.27. The van der Waals surface area contributed by atoms with E-state index < -0.39 is 28.3 Å². The van der Waals surface area contributed by atoms with Gasteiger partial charge in [-0.25, -0.2) is 0 Å². The van der Waals surface area contributed by atoms with E-state index in [2.05, 4.69) is 10.3 Å². The fraction of sp³-hybridized carbons (Fsp3) is 0.111. The third kappa shape index (κ3) is 5.55. The molecule has 0 spiro atoms. The maximum absolute atomic E-state index is 12.6. The van der Waals surface area contributed by atoms with Crippen LogP contribution in [0, 0.1) is 10.1 Å². The summed E-state index contributed by atoms with van der Waals surface area (Å²) >= 11 is 5.72. The number of aliphatic imine (C=N–C) groups is 1. The van der Waals surface area contributed by atoms with Gasteiger partial charge in [-0.2, -0.15) is 13.2 Å². The van der Waals surface area contributed by atoms with Gasteiger partial charge in [-0.05, 0) is 43.3 Å². The van der Waals surface area contributed by atoms with Crippen LogP contribution in [-0.2, 0) is 11.0 Å². The van der Waals surface area contributed by atoms with E-state index in [1.807, 2.05) is 0 Å². The van der Waals surface area contributed by atoms with Crippen LogP contribution in [0.25, 0.3) is 0 Å². The number of nitrogens with zero attached hydrogens (tertiary/aromatic N) is 2. The number of nitrogens with one attached hydrogen (secondary N) is 1. The number of carbonyl (C=O) groups excluding carboxylic acids is 1. The molecule has 29 heavy (non-hydrogen) atoms. The molecule has 0 aliphatic carbocycles. The summed E-state index contributed by atoms with van der Waals surface area (Å²) in [5, 5.41) is 13.3. The number of anilines is 1. The number of carbonyl (C=O) groups is 1. The number of hydrogen-bond acceptors (Lipinski definition) is 5. The van der Waals surface area contributed by atoms with Gasteiger partial charge in [0.15, 0.2) is 0 Å². The Morgan fingerprint density at radius 3 is 2.38 bits per heavy atom. The van der Waals surface area contributed by atoms with Gasteiger partial charge in [0.2, 0.25) is 0 Å². The summed E-state index contributed by atoms with van der Waals surface area (Å²) < 4.78 is 37.8. The minimum atomic E-state index is -4.47. The van der Waals surface area contributed by atoms with Gasteiger partial charge in [-0.15, -0.1) is 0 Å². The highest BCUT2D eigenvalue weighted by molar-refractivity contribution is 6.32. The summed E-state index contributed by atoms with van der Waals surface area (Å²) in [7, 11) is 0. The normalized spacial score (nSPS) is 12.6. The zero-order chi connectivity index (χ0) is 21.8. The molecule has 2 aromatic carbocycles. The lowest BCUT2D eigenvalue weighted by molar-refractivity contribution is -0.384. The Morgan fingerprint density at radius 2 is 1.86 bits per heavy atom. The zero-order valence-corrected chi connectivity index (χ0v) is 15.6. The third-order valence-electron chi connectivity index (χ3n) is 3.69. The van der Waals surface area contributed by atoms with E-state index >= 15 is 0 Å². The number of halogens is 4. The molecule has 0 aliphatic heterocycles. The number of hydrogen-bond donors (Lipinski definition) is 2. The number of benzene rings is 2. The minimum Gasteiger partial charge on any atom is -0.404 e. The molecule has 0 aromatic heterocycles. The predicted molar refractivity (Wildman–Crippen MR) is 103 cm³/mol. The van der Waals surface area contributed by atoms with Gasteiger partial charge in [0.05, 0.1) is 27.5 Å². The summed E-state index contributed by atoms with van der Waals surface area (Å²) in [6.45, 7) is 1.44. The first-order chi connectivity index (χ1) is 13.5. The second-order valence-electron chi connectivity index (χ2n) is 5.70. The van der Waals surface area contributed by atoms with Crippen molar-refractivity contribution in [3.8, 4) is 0 Å². The van der Waals surface area contributed by atoms with E-state index in [9.17, 15) is 28.1 Å². The van der Waals surface area contributed by atoms with Crippen molar-refractivity contribution >= 4 is 40.3 Å². The van der Waals surface area contributed by atoms with E-state index in [1.54, 1.807) is 0 Å². The number of nitro groups is 1. The molecule has 1 amide bonds. The molecule has 0 bridgehead atoms. The molecule has 0 saturated heterocycles. The molecular formula is C18H14ClF3N4O3. The Morgan fingerprint density at radius 1 is 1.24 bits per heavy atom. The summed E-state index contributed by atoms with van der Waals surface area (Å²) in [5.41, 5.74) is 4.62. The van der Waals surface area contributed by atoms with Crippen molar-refractivity contribution in [2.45, 2.75) is 13.1 Å². The van der Waals surface area contributed by atoms with Crippen LogP contribution in [0.2, 0.25) is 5.02 Å². The number of nitrogens with two attached hydrogens (primary N) is 1. The quantitative estimate of drug-likeness (QED) is 0.308. The monoisotopic (exact) mass is 426 g/mol. The average molecular weight is 427 g/mol. The van der Waals surface area contributed by atoms with Crippen molar-refractivity contribution in [1.29, 1.82) is 0 Å². The van der Waals surface area contributed by atoms with Gasteiger partial charge in [-0.1, -0.05) is 11.6 Å². The number of nitro benzene ring substituents is 1. The highest BCUT2D eigenvalue weighted by Crippen LogP contribution is 2.30. The van der Waals surface area contributed by atoms with Crippen LogP contribution in [0.5, 0.6) is 0 Å². The summed E-state index contributed by atoms with van der Waals surface area (Å²) in [4.78, 5) is 26.8. The number of alkyl halides is 3. The summed E-state index contributed by atoms with van der Waals surface area (Å²) in [5.74, 6) is -0.711. The van der Waals surface area contributed by atoms with E-state index in [0.717, 1.165) is 36.5 Å². The van der Waals surface area contributed by atoms with Gasteiger partial charge in [0, 0.05) is 18.0 Å². The van der Waals surface area contributed by atoms with Gasteiger partial charge in [0.25, 0.3) is 11.6 Å². The van der Waals surface area contributed by atoms with E-state index in [-0.39, 0.29) is 27.7 Å². The maximum atomic E-state index is 12.6. The molecule has 2 aromatic rings. The largest absolute Gasteiger partial charge is 0.416 e. The van der Waals surface area contributed by atoms with Crippen molar-refractivity contribution < 1.29 is 22.9 Å². The van der Waals surface area contributed by atoms with Crippen molar-refractivity contribution in [3.05, 3.63) is 74.9 Å². The fourth-order valence-corrected chi connectivity index (χ4v) is 2.45. The second-order valence-corrected chi connectivity index (χ2v) is 6.11. The zero-order valence-electron chi connectivity index (χ0n) is 14.8. The van der Waals surface area contributed by atoms with Crippen molar-refractivity contribution in [2.75, 3.05) is 5.32 Å². The Balaban J connectivity index is 2.22. The molecular weight excluding hydrogens is 413 g/mol. The molecule has 0 heterocycles. The van der Waals surface area contributed by atoms with Crippen molar-refractivity contribution in [3.63, 3.8) is 0 Å². The molecule has 2 rings (SSSR count). The van der Waals surface area contributed by atoms with Crippen LogP contribution in [0.4, 0.5) is 30.2 Å². The Bertz CT molecular complexity index is 1000. The lowest BCUT2D eigenvalue weighted by atomic mass is 10.1. The molecule has 0 radical (unpaired) electrons. The van der Waals surface area contributed by atoms with Crippen molar-refractivity contribution in [2.24, 2.45) is 10.7 Å². The highest BCUT2D eigenvalue weighted by atomic mass is 35.5. The van der Waals surface area contributed by atoms with Gasteiger partial charge in [-0.3, -0.25) is 19.9 Å². The summed E-state index contributed by atoms with van der Waals surface area (Å²) in [6, 6.07) is 7.74. The SMILES string of the molecule is CC(=Nc1ccc(C(F)(F)F)cc1)C(=CN)C(=O)Nc1ccc(Cl)c([N+](=O)[O-])c1. The molecule has 0 saturated carbocycles. The second kappa shape index (κ2) is 8.74. The van der Waals surface area contributed by atoms with Crippen LogP contribution in [-0.4, -0.2) is 16.5 Å². The molecule has 3 N–H and O–H groups in total. The Labute approximate surface area is 167 Å². The van der Waals surface area contributed by atoms with Gasteiger partial charge >= 0.3 is 6.18 Å². The predicted octanol–water partition coefficient (Wildman–Crippen LogP) is 4.84. The van der Waals surface area contributed by atoms with Crippen LogP contribution in [0.15, 0.2) is 59.2 Å². The van der Waals surface area contributed by atoms with Crippen LogP contribution < -0.4 is 11.1 Å². The standard InChI is InChI=1S/C18H14ClF3N4O3/c1-10(24-12-4-2-11(3-5-12)18(20,21)22)14(9-23)17(27)25-13-6-7-15(19)16(8-13)26(28)29/h2-9H,23H2,1H3,(H,25,27). The molecule has 152 valence electrons.